The molecule has 6 nitrogen and oxygen atoms in total. The SMILES string of the molecule is CCNC(=NCC1CCS(=O)(=O)C1)N1CCN(c2ccc(F)cc2)CC1.I. The number of aliphatic imine (C=N–C) groups is 1. The van der Waals surface area contributed by atoms with Crippen LogP contribution in [0.5, 0.6) is 0 Å². The summed E-state index contributed by atoms with van der Waals surface area (Å²) in [5.74, 6) is 1.32. The molecular weight excluding hydrogens is 482 g/mol. The average Bonchev–Trinajstić information content (AvgIpc) is 2.98. The third-order valence-corrected chi connectivity index (χ3v) is 6.77. The van der Waals surface area contributed by atoms with Crippen molar-refractivity contribution >= 4 is 45.5 Å². The van der Waals surface area contributed by atoms with Crippen LogP contribution in [0.25, 0.3) is 0 Å². The molecule has 1 N–H and O–H groups in total. The Bertz CT molecular complexity index is 734. The standard InChI is InChI=1S/C18H27FN4O2S.HI/c1-2-20-18(21-13-15-7-12-26(24,25)14-15)23-10-8-22(9-11-23)17-5-3-16(19)4-6-17;/h3-6,15H,2,7-14H2,1H3,(H,20,21);1H. The van der Waals surface area contributed by atoms with Gasteiger partial charge in [0.15, 0.2) is 15.8 Å². The number of piperazine rings is 1. The van der Waals surface area contributed by atoms with Gasteiger partial charge >= 0.3 is 0 Å². The summed E-state index contributed by atoms with van der Waals surface area (Å²) in [4.78, 5) is 9.15. The second-order valence-corrected chi connectivity index (χ2v) is 9.14. The molecule has 1 atom stereocenters. The molecule has 27 heavy (non-hydrogen) atoms. The second kappa shape index (κ2) is 9.90. The van der Waals surface area contributed by atoms with Gasteiger partial charge in [0.25, 0.3) is 0 Å². The Balaban J connectivity index is 0.00000261. The van der Waals surface area contributed by atoms with Crippen molar-refractivity contribution in [1.82, 2.24) is 10.2 Å². The van der Waals surface area contributed by atoms with Crippen LogP contribution >= 0.6 is 24.0 Å². The van der Waals surface area contributed by atoms with Crippen LogP contribution in [-0.2, 0) is 9.84 Å². The van der Waals surface area contributed by atoms with E-state index in [-0.39, 0.29) is 41.5 Å². The number of hydrogen-bond donors (Lipinski definition) is 1. The minimum absolute atomic E-state index is 0. The summed E-state index contributed by atoms with van der Waals surface area (Å²) < 4.78 is 36.3. The van der Waals surface area contributed by atoms with Crippen LogP contribution in [0.4, 0.5) is 10.1 Å². The number of benzene rings is 1. The maximum absolute atomic E-state index is 13.1. The van der Waals surface area contributed by atoms with E-state index < -0.39 is 9.84 Å². The summed E-state index contributed by atoms with van der Waals surface area (Å²) in [7, 11) is -2.86. The average molecular weight is 510 g/mol. The molecule has 1 aromatic carbocycles. The van der Waals surface area contributed by atoms with Crippen LogP contribution in [0.1, 0.15) is 13.3 Å². The van der Waals surface area contributed by atoms with Gasteiger partial charge in [0, 0.05) is 45.0 Å². The van der Waals surface area contributed by atoms with E-state index in [1.54, 1.807) is 0 Å². The van der Waals surface area contributed by atoms with Gasteiger partial charge in [-0.15, -0.1) is 24.0 Å². The first kappa shape index (κ1) is 22.2. The molecule has 2 saturated heterocycles. The highest BCUT2D eigenvalue weighted by molar-refractivity contribution is 14.0. The van der Waals surface area contributed by atoms with E-state index in [0.717, 1.165) is 44.4 Å². The number of nitrogens with one attached hydrogen (secondary N) is 1. The Morgan fingerprint density at radius 2 is 1.89 bits per heavy atom. The van der Waals surface area contributed by atoms with Crippen LogP contribution in [0.3, 0.4) is 0 Å². The first-order chi connectivity index (χ1) is 12.5. The van der Waals surface area contributed by atoms with Gasteiger partial charge in [0.1, 0.15) is 5.82 Å². The fourth-order valence-electron chi connectivity index (χ4n) is 3.49. The Hall–Kier alpha value is -1.10. The van der Waals surface area contributed by atoms with Crippen LogP contribution < -0.4 is 10.2 Å². The summed E-state index contributed by atoms with van der Waals surface area (Å²) in [6.07, 6.45) is 0.712. The number of halogens is 2. The van der Waals surface area contributed by atoms with E-state index >= 15 is 0 Å². The first-order valence-corrected chi connectivity index (χ1v) is 11.0. The topological polar surface area (TPSA) is 65.0 Å². The van der Waals surface area contributed by atoms with Crippen molar-refractivity contribution in [2.45, 2.75) is 13.3 Å². The van der Waals surface area contributed by atoms with Gasteiger partial charge in [0.05, 0.1) is 11.5 Å². The van der Waals surface area contributed by atoms with Gasteiger partial charge in [-0.3, -0.25) is 4.99 Å². The molecule has 2 aliphatic rings. The molecule has 2 heterocycles. The Morgan fingerprint density at radius 3 is 2.44 bits per heavy atom. The van der Waals surface area contributed by atoms with Crippen molar-refractivity contribution in [3.63, 3.8) is 0 Å². The lowest BCUT2D eigenvalue weighted by molar-refractivity contribution is 0.371. The Kier molecular flexibility index (Phi) is 8.14. The summed E-state index contributed by atoms with van der Waals surface area (Å²) in [5.41, 5.74) is 1.03. The summed E-state index contributed by atoms with van der Waals surface area (Å²) in [6, 6.07) is 6.60. The zero-order valence-electron chi connectivity index (χ0n) is 15.6. The quantitative estimate of drug-likeness (QED) is 0.382. The van der Waals surface area contributed by atoms with E-state index in [1.165, 1.54) is 12.1 Å². The molecule has 1 aromatic rings. The molecule has 0 aliphatic carbocycles. The number of anilines is 1. The van der Waals surface area contributed by atoms with Gasteiger partial charge in [-0.2, -0.15) is 0 Å². The molecular formula is C18H28FIN4O2S. The third kappa shape index (κ3) is 6.20. The number of hydrogen-bond acceptors (Lipinski definition) is 4. The van der Waals surface area contributed by atoms with Crippen molar-refractivity contribution in [3.8, 4) is 0 Å². The molecule has 2 fully saturated rings. The molecule has 1 unspecified atom stereocenters. The zero-order valence-corrected chi connectivity index (χ0v) is 18.8. The fourth-order valence-corrected chi connectivity index (χ4v) is 5.34. The van der Waals surface area contributed by atoms with Gasteiger partial charge in [0.2, 0.25) is 0 Å². The predicted octanol–water partition coefficient (Wildman–Crippen LogP) is 1.97. The lowest BCUT2D eigenvalue weighted by atomic mass is 10.1. The molecule has 0 aromatic heterocycles. The van der Waals surface area contributed by atoms with Gasteiger partial charge in [-0.1, -0.05) is 0 Å². The lowest BCUT2D eigenvalue weighted by Crippen LogP contribution is -2.52. The van der Waals surface area contributed by atoms with Gasteiger partial charge in [-0.25, -0.2) is 12.8 Å². The first-order valence-electron chi connectivity index (χ1n) is 9.21. The Labute approximate surface area is 178 Å². The van der Waals surface area contributed by atoms with Crippen molar-refractivity contribution in [1.29, 1.82) is 0 Å². The van der Waals surface area contributed by atoms with Crippen molar-refractivity contribution in [2.24, 2.45) is 10.9 Å². The van der Waals surface area contributed by atoms with Crippen molar-refractivity contribution in [3.05, 3.63) is 30.1 Å². The molecule has 3 rings (SSSR count). The highest BCUT2D eigenvalue weighted by atomic mass is 127. The molecule has 0 saturated carbocycles. The van der Waals surface area contributed by atoms with Crippen molar-refractivity contribution < 1.29 is 12.8 Å². The molecule has 0 amide bonds. The predicted molar refractivity (Wildman–Crippen MR) is 118 cm³/mol. The minimum Gasteiger partial charge on any atom is -0.368 e. The van der Waals surface area contributed by atoms with E-state index in [2.05, 4.69) is 15.1 Å². The van der Waals surface area contributed by atoms with Crippen LogP contribution in [0.2, 0.25) is 0 Å². The number of rotatable bonds is 4. The Morgan fingerprint density at radius 1 is 1.22 bits per heavy atom. The largest absolute Gasteiger partial charge is 0.368 e. The number of guanidine groups is 1. The summed E-state index contributed by atoms with van der Waals surface area (Å²) >= 11 is 0. The summed E-state index contributed by atoms with van der Waals surface area (Å²) in [5, 5.41) is 3.32. The zero-order chi connectivity index (χ0) is 18.6. The number of nitrogens with zero attached hydrogens (tertiary/aromatic N) is 3. The van der Waals surface area contributed by atoms with Gasteiger partial charge in [-0.05, 0) is 43.5 Å². The molecule has 0 radical (unpaired) electrons. The van der Waals surface area contributed by atoms with Crippen LogP contribution in [0.15, 0.2) is 29.3 Å². The molecule has 152 valence electrons. The second-order valence-electron chi connectivity index (χ2n) is 6.91. The van der Waals surface area contributed by atoms with E-state index in [4.69, 9.17) is 4.99 Å². The van der Waals surface area contributed by atoms with E-state index in [1.807, 2.05) is 19.1 Å². The highest BCUT2D eigenvalue weighted by Crippen LogP contribution is 2.19. The minimum atomic E-state index is -2.86. The highest BCUT2D eigenvalue weighted by Gasteiger charge is 2.28. The number of sulfone groups is 1. The van der Waals surface area contributed by atoms with E-state index in [0.29, 0.717) is 18.7 Å². The molecule has 0 spiro atoms. The smallest absolute Gasteiger partial charge is 0.194 e. The summed E-state index contributed by atoms with van der Waals surface area (Å²) in [6.45, 7) is 6.70. The molecule has 0 bridgehead atoms. The van der Waals surface area contributed by atoms with E-state index in [9.17, 15) is 12.8 Å². The normalized spacial score (nSPS) is 22.4. The van der Waals surface area contributed by atoms with Crippen LogP contribution in [0, 0.1) is 11.7 Å². The monoisotopic (exact) mass is 510 g/mol. The maximum atomic E-state index is 13.1. The van der Waals surface area contributed by atoms with Crippen molar-refractivity contribution in [2.75, 3.05) is 55.7 Å². The van der Waals surface area contributed by atoms with Crippen LogP contribution in [-0.4, -0.2) is 70.1 Å². The maximum Gasteiger partial charge on any atom is 0.194 e. The third-order valence-electron chi connectivity index (χ3n) is 4.93. The lowest BCUT2D eigenvalue weighted by Gasteiger charge is -2.37. The molecule has 2 aliphatic heterocycles. The van der Waals surface area contributed by atoms with Gasteiger partial charge < -0.3 is 15.1 Å². The fraction of sp³-hybridized carbons (Fsp3) is 0.611. The molecule has 9 heteroatoms.